The molecule has 1 unspecified atom stereocenters. The second-order valence-electron chi connectivity index (χ2n) is 2.27. The first-order valence-electron chi connectivity index (χ1n) is 3.19. The molecule has 0 heterocycles. The first-order valence-corrected chi connectivity index (χ1v) is 5.51. The summed E-state index contributed by atoms with van der Waals surface area (Å²) in [7, 11) is 0. The summed E-state index contributed by atoms with van der Waals surface area (Å²) in [6, 6.07) is 3.61. The Labute approximate surface area is 76.4 Å². The number of hydrogen-bond donors (Lipinski definition) is 1. The molecule has 1 aromatic rings. The predicted molar refractivity (Wildman–Crippen MR) is 39.7 cm³/mol. The zero-order valence-corrected chi connectivity index (χ0v) is 7.92. The topological polar surface area (TPSA) is 37.3 Å². The van der Waals surface area contributed by atoms with Crippen LogP contribution in [0.4, 0.5) is 13.2 Å². The molecule has 0 aromatic heterocycles. The van der Waals surface area contributed by atoms with Gasteiger partial charge in [0.05, 0.1) is 0 Å². The van der Waals surface area contributed by atoms with Crippen molar-refractivity contribution in [3.63, 3.8) is 0 Å². The van der Waals surface area contributed by atoms with Crippen LogP contribution in [0.15, 0.2) is 24.3 Å². The standard InChI is InChI=1S/C7H5F3O2Se/c8-7(9,10)5-1-3-6(4-2-5)13(11)12/h1-4H,(H,11,12). The molecule has 0 aliphatic rings. The molecule has 0 bridgehead atoms. The van der Waals surface area contributed by atoms with Crippen LogP contribution in [0.2, 0.25) is 0 Å². The SMILES string of the molecule is O=[Se](O)c1ccc(C(F)(F)F)cc1. The monoisotopic (exact) mass is 258 g/mol. The molecule has 0 saturated heterocycles. The van der Waals surface area contributed by atoms with Crippen molar-refractivity contribution in [2.24, 2.45) is 0 Å². The van der Waals surface area contributed by atoms with Gasteiger partial charge in [-0.3, -0.25) is 0 Å². The molecule has 1 N–H and O–H groups in total. The van der Waals surface area contributed by atoms with Gasteiger partial charge in [0.15, 0.2) is 0 Å². The van der Waals surface area contributed by atoms with E-state index in [1.54, 1.807) is 0 Å². The third-order valence-electron chi connectivity index (χ3n) is 1.38. The van der Waals surface area contributed by atoms with Gasteiger partial charge in [-0.05, 0) is 0 Å². The van der Waals surface area contributed by atoms with Crippen LogP contribution < -0.4 is 4.46 Å². The number of alkyl halides is 3. The summed E-state index contributed by atoms with van der Waals surface area (Å²) in [5.74, 6) is 0. The molecule has 1 atom stereocenters. The molecule has 2 nitrogen and oxygen atoms in total. The Morgan fingerprint density at radius 2 is 1.62 bits per heavy atom. The maximum atomic E-state index is 12.0. The molecule has 1 rings (SSSR count). The molecule has 6 heteroatoms. The molecule has 1 aromatic carbocycles. The number of halogens is 3. The van der Waals surface area contributed by atoms with Crippen molar-refractivity contribution in [1.29, 1.82) is 0 Å². The minimum absolute atomic E-state index is 0.0491. The number of benzene rings is 1. The quantitative estimate of drug-likeness (QED) is 0.756. The summed E-state index contributed by atoms with van der Waals surface area (Å²) in [6.45, 7) is 0. The third-order valence-corrected chi connectivity index (χ3v) is 2.80. The van der Waals surface area contributed by atoms with Gasteiger partial charge in [0.2, 0.25) is 0 Å². The van der Waals surface area contributed by atoms with Gasteiger partial charge in [0.1, 0.15) is 0 Å². The summed E-state index contributed by atoms with van der Waals surface area (Å²) < 4.78 is 55.1. The van der Waals surface area contributed by atoms with Gasteiger partial charge in [-0.25, -0.2) is 0 Å². The van der Waals surface area contributed by atoms with Crippen LogP contribution in [0.25, 0.3) is 0 Å². The van der Waals surface area contributed by atoms with Crippen molar-refractivity contribution in [3.8, 4) is 0 Å². The zero-order chi connectivity index (χ0) is 10.1. The molecule has 0 aliphatic heterocycles. The summed E-state index contributed by atoms with van der Waals surface area (Å²) in [5, 5.41) is 0. The van der Waals surface area contributed by atoms with Gasteiger partial charge < -0.3 is 0 Å². The van der Waals surface area contributed by atoms with E-state index in [0.29, 0.717) is 0 Å². The van der Waals surface area contributed by atoms with Crippen LogP contribution in [-0.2, 0) is 10.0 Å². The summed E-state index contributed by atoms with van der Waals surface area (Å²) in [5.41, 5.74) is -0.816. The van der Waals surface area contributed by atoms with Gasteiger partial charge in [0.25, 0.3) is 0 Å². The second kappa shape index (κ2) is 3.57. The van der Waals surface area contributed by atoms with Crippen LogP contribution in [-0.4, -0.2) is 18.4 Å². The first-order chi connectivity index (χ1) is 5.91. The molecule has 0 amide bonds. The summed E-state index contributed by atoms with van der Waals surface area (Å²) >= 11 is -3.10. The van der Waals surface area contributed by atoms with E-state index in [4.69, 9.17) is 4.19 Å². The van der Waals surface area contributed by atoms with E-state index >= 15 is 0 Å². The molecule has 72 valence electrons. The Morgan fingerprint density at radius 1 is 1.15 bits per heavy atom. The van der Waals surface area contributed by atoms with Gasteiger partial charge in [-0.1, -0.05) is 0 Å². The fourth-order valence-corrected chi connectivity index (χ4v) is 1.53. The Bertz CT molecular complexity index is 318. The average Bonchev–Trinajstić information content (AvgIpc) is 2.03. The molecule has 0 aliphatic carbocycles. The first kappa shape index (κ1) is 10.4. The molecular weight excluding hydrogens is 252 g/mol. The van der Waals surface area contributed by atoms with Gasteiger partial charge >= 0.3 is 75.8 Å². The Kier molecular flexibility index (Phi) is 2.85. The van der Waals surface area contributed by atoms with Crippen LogP contribution in [0.1, 0.15) is 5.56 Å². The second-order valence-corrected chi connectivity index (χ2v) is 4.31. The van der Waals surface area contributed by atoms with Crippen molar-refractivity contribution in [3.05, 3.63) is 29.8 Å². The molecule has 0 saturated carbocycles. The molecule has 0 spiro atoms. The maximum absolute atomic E-state index is 12.0. The van der Waals surface area contributed by atoms with E-state index in [0.717, 1.165) is 24.3 Å². The van der Waals surface area contributed by atoms with E-state index in [2.05, 4.69) is 0 Å². The summed E-state index contributed by atoms with van der Waals surface area (Å²) in [4.78, 5) is 0. The third kappa shape index (κ3) is 2.62. The van der Waals surface area contributed by atoms with Gasteiger partial charge in [0, 0.05) is 0 Å². The fourth-order valence-electron chi connectivity index (χ4n) is 0.760. The van der Waals surface area contributed by atoms with Crippen LogP contribution in [0.3, 0.4) is 0 Å². The molecular formula is C7H5F3O2Se. The minimum atomic E-state index is -4.40. The molecule has 13 heavy (non-hydrogen) atoms. The van der Waals surface area contributed by atoms with E-state index in [1.807, 2.05) is 0 Å². The predicted octanol–water partition coefficient (Wildman–Crippen LogP) is 0.823. The van der Waals surface area contributed by atoms with E-state index < -0.39 is 25.9 Å². The number of rotatable bonds is 1. The van der Waals surface area contributed by atoms with Crippen LogP contribution in [0, 0.1) is 0 Å². The molecule has 0 radical (unpaired) electrons. The van der Waals surface area contributed by atoms with Crippen molar-refractivity contribution >= 4 is 18.6 Å². The van der Waals surface area contributed by atoms with Crippen molar-refractivity contribution in [2.75, 3.05) is 0 Å². The number of hydrogen-bond acceptors (Lipinski definition) is 1. The summed E-state index contributed by atoms with van der Waals surface area (Å²) in [6.07, 6.45) is -4.40. The Hall–Kier alpha value is -0.711. The van der Waals surface area contributed by atoms with Crippen LogP contribution >= 0.6 is 0 Å². The van der Waals surface area contributed by atoms with E-state index in [1.165, 1.54) is 0 Å². The van der Waals surface area contributed by atoms with E-state index in [-0.39, 0.29) is 4.46 Å². The Morgan fingerprint density at radius 3 is 1.92 bits per heavy atom. The molecule has 0 fully saturated rings. The zero-order valence-electron chi connectivity index (χ0n) is 6.21. The van der Waals surface area contributed by atoms with Gasteiger partial charge in [-0.2, -0.15) is 0 Å². The van der Waals surface area contributed by atoms with Crippen LogP contribution in [0.5, 0.6) is 0 Å². The normalized spacial score (nSPS) is 14.2. The van der Waals surface area contributed by atoms with E-state index in [9.17, 15) is 17.0 Å². The van der Waals surface area contributed by atoms with Crippen molar-refractivity contribution < 1.29 is 21.2 Å². The fraction of sp³-hybridized carbons (Fsp3) is 0.143. The average molecular weight is 257 g/mol. The Balaban J connectivity index is 3.01. The van der Waals surface area contributed by atoms with Gasteiger partial charge in [-0.15, -0.1) is 0 Å². The van der Waals surface area contributed by atoms with Crippen molar-refractivity contribution in [2.45, 2.75) is 6.18 Å². The van der Waals surface area contributed by atoms with Crippen molar-refractivity contribution in [1.82, 2.24) is 0 Å².